The molecule has 0 saturated heterocycles. The van der Waals surface area contributed by atoms with E-state index in [9.17, 15) is 35.9 Å². The highest BCUT2D eigenvalue weighted by atomic mass is 79.9. The molecule has 0 aliphatic carbocycles. The molecular weight excluding hydrogens is 596 g/mol. The van der Waals surface area contributed by atoms with Crippen molar-refractivity contribution in [2.45, 2.75) is 37.3 Å². The van der Waals surface area contributed by atoms with Crippen molar-refractivity contribution < 1.29 is 45.4 Å². The summed E-state index contributed by atoms with van der Waals surface area (Å²) in [5, 5.41) is 4.42. The first-order valence-corrected chi connectivity index (χ1v) is 10.8. The second-order valence-corrected chi connectivity index (χ2v) is 8.31. The third-order valence-corrected chi connectivity index (χ3v) is 5.12. The summed E-state index contributed by atoms with van der Waals surface area (Å²) in [4.78, 5) is 26.1. The second-order valence-electron chi connectivity index (χ2n) is 6.53. The molecule has 2 atom stereocenters. The van der Waals surface area contributed by atoms with Crippen LogP contribution in [0.1, 0.15) is 12.8 Å². The highest BCUT2D eigenvalue weighted by Crippen LogP contribution is 2.29. The van der Waals surface area contributed by atoms with Gasteiger partial charge in [-0.25, -0.2) is 9.78 Å². The van der Waals surface area contributed by atoms with Crippen LogP contribution < -0.4 is 11.1 Å². The Hall–Kier alpha value is -2.10. The zero-order valence-electron chi connectivity index (χ0n) is 18.1. The number of carbonyl (C=O) groups is 2. The van der Waals surface area contributed by atoms with Gasteiger partial charge in [-0.05, 0) is 12.1 Å². The number of nitrogens with one attached hydrogen (secondary N) is 1. The van der Waals surface area contributed by atoms with Gasteiger partial charge >= 0.3 is 24.3 Å². The van der Waals surface area contributed by atoms with Gasteiger partial charge < -0.3 is 20.5 Å². The Bertz CT molecular complexity index is 944. The van der Waals surface area contributed by atoms with Crippen LogP contribution in [0.3, 0.4) is 0 Å². The molecule has 0 radical (unpaired) electrons. The molecule has 3 N–H and O–H groups in total. The van der Waals surface area contributed by atoms with Crippen LogP contribution in [0.5, 0.6) is 0 Å². The third kappa shape index (κ3) is 13.0. The number of ether oxygens (including phenoxy) is 2. The molecule has 35 heavy (non-hydrogen) atoms. The van der Waals surface area contributed by atoms with Crippen LogP contribution in [0, 0.1) is 0 Å². The van der Waals surface area contributed by atoms with Crippen molar-refractivity contribution in [2.24, 2.45) is 5.73 Å². The van der Waals surface area contributed by atoms with Crippen molar-refractivity contribution in [3.63, 3.8) is 0 Å². The van der Waals surface area contributed by atoms with Crippen LogP contribution >= 0.6 is 39.7 Å². The Morgan fingerprint density at radius 2 is 1.54 bits per heavy atom. The predicted molar refractivity (Wildman–Crippen MR) is 123 cm³/mol. The minimum absolute atomic E-state index is 0. The lowest BCUT2D eigenvalue weighted by Gasteiger charge is -2.17. The molecule has 2 rings (SSSR count). The van der Waals surface area contributed by atoms with Gasteiger partial charge in [0.1, 0.15) is 12.1 Å². The van der Waals surface area contributed by atoms with Crippen LogP contribution in [-0.4, -0.2) is 55.6 Å². The lowest BCUT2D eigenvalue weighted by atomic mass is 10.2. The summed E-state index contributed by atoms with van der Waals surface area (Å²) in [6, 6.07) is 4.20. The fourth-order valence-corrected chi connectivity index (χ4v) is 3.33. The van der Waals surface area contributed by atoms with Gasteiger partial charge in [-0.3, -0.25) is 4.79 Å². The SMILES string of the molecule is COC(=O)C(CC(F)(F)F)Nc1nc(-c2ccc(Br)cc2)cs1.COC(=O)C(N)CC(F)(F)F.Cl. The molecule has 0 aliphatic rings. The number of aromatic nitrogens is 1. The van der Waals surface area contributed by atoms with E-state index in [4.69, 9.17) is 5.73 Å². The number of anilines is 1. The van der Waals surface area contributed by atoms with Crippen molar-refractivity contribution in [3.8, 4) is 11.3 Å². The summed E-state index contributed by atoms with van der Waals surface area (Å²) < 4.78 is 81.5. The summed E-state index contributed by atoms with van der Waals surface area (Å²) in [7, 11) is 2.03. The van der Waals surface area contributed by atoms with Crippen molar-refractivity contribution in [2.75, 3.05) is 19.5 Å². The molecule has 198 valence electrons. The average molecular weight is 617 g/mol. The normalized spacial score (nSPS) is 12.9. The zero-order valence-corrected chi connectivity index (χ0v) is 21.3. The topological polar surface area (TPSA) is 104 Å². The fraction of sp³-hybridized carbons (Fsp3) is 0.421. The first-order chi connectivity index (χ1) is 15.6. The van der Waals surface area contributed by atoms with Gasteiger partial charge in [0, 0.05) is 15.4 Å². The standard InChI is InChI=1S/C14H12BrF3N2O2S.C5H8F3NO2.ClH/c1-22-12(21)10(6-14(16,17)18)19-13-20-11(7-23-13)8-2-4-9(15)5-3-8;1-11-4(10)3(9)2-5(6,7)8;/h2-5,7,10H,6H2,1H3,(H,19,20);3H,2,9H2,1H3;1H. The Morgan fingerprint density at radius 3 is 2.00 bits per heavy atom. The van der Waals surface area contributed by atoms with E-state index in [0.29, 0.717) is 5.69 Å². The summed E-state index contributed by atoms with van der Waals surface area (Å²) in [5.74, 6) is -2.04. The number of alkyl halides is 6. The number of rotatable bonds is 7. The van der Waals surface area contributed by atoms with Gasteiger partial charge in [-0.15, -0.1) is 23.7 Å². The minimum atomic E-state index is -4.49. The van der Waals surface area contributed by atoms with Crippen LogP contribution in [0.2, 0.25) is 0 Å². The van der Waals surface area contributed by atoms with E-state index >= 15 is 0 Å². The summed E-state index contributed by atoms with van der Waals surface area (Å²) in [5.41, 5.74) is 6.25. The minimum Gasteiger partial charge on any atom is -0.468 e. The lowest BCUT2D eigenvalue weighted by molar-refractivity contribution is -0.158. The van der Waals surface area contributed by atoms with Gasteiger partial charge in [0.15, 0.2) is 5.13 Å². The van der Waals surface area contributed by atoms with E-state index in [-0.39, 0.29) is 17.5 Å². The fourth-order valence-electron chi connectivity index (χ4n) is 2.29. The molecule has 0 bridgehead atoms. The molecule has 1 heterocycles. The van der Waals surface area contributed by atoms with E-state index in [0.717, 1.165) is 35.6 Å². The zero-order chi connectivity index (χ0) is 26.1. The number of hydrogen-bond acceptors (Lipinski definition) is 8. The predicted octanol–water partition coefficient (Wildman–Crippen LogP) is 5.34. The quantitative estimate of drug-likeness (QED) is 0.320. The number of thiazole rings is 1. The van der Waals surface area contributed by atoms with E-state index in [1.165, 1.54) is 0 Å². The molecular formula is C19H21BrClF6N3O4S. The number of esters is 2. The van der Waals surface area contributed by atoms with Crippen LogP contribution in [0.25, 0.3) is 11.3 Å². The molecule has 0 fully saturated rings. The number of nitrogens with two attached hydrogens (primary N) is 1. The molecule has 1 aromatic heterocycles. The Morgan fingerprint density at radius 1 is 1.03 bits per heavy atom. The Kier molecular flexibility index (Phi) is 13.6. The number of benzene rings is 1. The molecule has 0 amide bonds. The molecule has 7 nitrogen and oxygen atoms in total. The molecule has 16 heteroatoms. The molecule has 2 aromatic rings. The first-order valence-electron chi connectivity index (χ1n) is 9.18. The largest absolute Gasteiger partial charge is 0.468 e. The van der Waals surface area contributed by atoms with Crippen LogP contribution in [0.4, 0.5) is 31.5 Å². The third-order valence-electron chi connectivity index (χ3n) is 3.82. The second kappa shape index (κ2) is 14.5. The summed E-state index contributed by atoms with van der Waals surface area (Å²) in [6.07, 6.45) is -11.6. The van der Waals surface area contributed by atoms with Crippen molar-refractivity contribution >= 4 is 56.7 Å². The first kappa shape index (κ1) is 32.9. The number of methoxy groups -OCH3 is 2. The van der Waals surface area contributed by atoms with Crippen molar-refractivity contribution in [1.29, 1.82) is 0 Å². The lowest BCUT2D eigenvalue weighted by Crippen LogP contribution is -2.36. The molecule has 2 unspecified atom stereocenters. The number of hydrogen-bond donors (Lipinski definition) is 2. The summed E-state index contributed by atoms with van der Waals surface area (Å²) in [6.45, 7) is 0. The van der Waals surface area contributed by atoms with Crippen molar-refractivity contribution in [3.05, 3.63) is 34.1 Å². The highest BCUT2D eigenvalue weighted by molar-refractivity contribution is 9.10. The van der Waals surface area contributed by atoms with Gasteiger partial charge in [-0.2, -0.15) is 26.3 Å². The molecule has 1 aromatic carbocycles. The van der Waals surface area contributed by atoms with Gasteiger partial charge in [-0.1, -0.05) is 28.1 Å². The average Bonchev–Trinajstić information content (AvgIpc) is 3.19. The molecule has 0 aliphatic heterocycles. The number of halogens is 8. The maximum absolute atomic E-state index is 12.5. The maximum atomic E-state index is 12.5. The van der Waals surface area contributed by atoms with E-state index in [2.05, 4.69) is 35.7 Å². The van der Waals surface area contributed by atoms with Crippen LogP contribution in [-0.2, 0) is 19.1 Å². The van der Waals surface area contributed by atoms with Crippen LogP contribution in [0.15, 0.2) is 34.1 Å². The van der Waals surface area contributed by atoms with Crippen molar-refractivity contribution in [1.82, 2.24) is 4.98 Å². The van der Waals surface area contributed by atoms with E-state index < -0.39 is 49.2 Å². The number of nitrogens with zero attached hydrogens (tertiary/aromatic N) is 1. The van der Waals surface area contributed by atoms with E-state index in [1.54, 1.807) is 5.38 Å². The van der Waals surface area contributed by atoms with Gasteiger partial charge in [0.2, 0.25) is 0 Å². The number of carbonyl (C=O) groups excluding carboxylic acids is 2. The Balaban J connectivity index is 0.000000822. The smallest absolute Gasteiger partial charge is 0.391 e. The molecule has 0 spiro atoms. The van der Waals surface area contributed by atoms with Gasteiger partial charge in [0.25, 0.3) is 0 Å². The molecule has 0 saturated carbocycles. The Labute approximate surface area is 214 Å². The van der Waals surface area contributed by atoms with E-state index in [1.807, 2.05) is 24.3 Å². The highest BCUT2D eigenvalue weighted by Gasteiger charge is 2.36. The monoisotopic (exact) mass is 615 g/mol. The maximum Gasteiger partial charge on any atom is 0.391 e. The summed E-state index contributed by atoms with van der Waals surface area (Å²) >= 11 is 4.44. The van der Waals surface area contributed by atoms with Gasteiger partial charge in [0.05, 0.1) is 32.8 Å².